The van der Waals surface area contributed by atoms with Crippen LogP contribution in [-0.4, -0.2) is 21.9 Å². The summed E-state index contributed by atoms with van der Waals surface area (Å²) in [6, 6.07) is 0. The first-order valence-electron chi connectivity index (χ1n) is 2.14. The van der Waals surface area contributed by atoms with Crippen molar-refractivity contribution in [3.05, 3.63) is 0 Å². The average molecular weight is 117 g/mol. The molecule has 0 aliphatic carbocycles. The fourth-order valence-corrected chi connectivity index (χ4v) is 0.602. The van der Waals surface area contributed by atoms with Gasteiger partial charge >= 0.3 is 0 Å². The highest BCUT2D eigenvalue weighted by atomic mass is 28.3. The van der Waals surface area contributed by atoms with Crippen LogP contribution < -0.4 is 0 Å². The Morgan fingerprint density at radius 3 is 2.43 bits per heavy atom. The highest BCUT2D eigenvalue weighted by Crippen LogP contribution is 1.78. The molecule has 3 heteroatoms. The maximum absolute atomic E-state index is 9.60. The molecule has 0 aromatic carbocycles. The van der Waals surface area contributed by atoms with E-state index in [0.29, 0.717) is 0 Å². The van der Waals surface area contributed by atoms with Gasteiger partial charge in [-0.3, -0.25) is 0 Å². The molecule has 1 radical (unpaired) electrons. The van der Waals surface area contributed by atoms with Gasteiger partial charge in [-0.25, -0.2) is 0 Å². The van der Waals surface area contributed by atoms with E-state index in [1.54, 1.807) is 0 Å². The first-order valence-corrected chi connectivity index (χ1v) is 4.54. The highest BCUT2D eigenvalue weighted by Gasteiger charge is 1.91. The number of aldehydes is 1. The van der Waals surface area contributed by atoms with Gasteiger partial charge in [0, 0.05) is 0 Å². The van der Waals surface area contributed by atoms with Gasteiger partial charge in [-0.05, 0) is 13.1 Å². The van der Waals surface area contributed by atoms with Crippen LogP contribution in [0.4, 0.5) is 0 Å². The molecular formula is C4H9O2Si. The Hall–Kier alpha value is -0.153. The predicted octanol–water partition coefficient (Wildman–Crippen LogP) is 0.453. The summed E-state index contributed by atoms with van der Waals surface area (Å²) in [4.78, 5) is 9.60. The molecule has 0 aromatic rings. The molecular weight excluding hydrogens is 108 g/mol. The molecule has 7 heavy (non-hydrogen) atoms. The molecule has 0 heterocycles. The lowest BCUT2D eigenvalue weighted by atomic mass is 10.9. The van der Waals surface area contributed by atoms with Crippen molar-refractivity contribution in [3.8, 4) is 0 Å². The summed E-state index contributed by atoms with van der Waals surface area (Å²) in [5.41, 5.74) is 0. The van der Waals surface area contributed by atoms with Crippen molar-refractivity contribution in [2.75, 3.05) is 6.61 Å². The Balaban J connectivity index is 2.81. The van der Waals surface area contributed by atoms with E-state index in [0.717, 1.165) is 6.29 Å². The van der Waals surface area contributed by atoms with Crippen LogP contribution in [0.3, 0.4) is 0 Å². The molecule has 0 aromatic heterocycles. The highest BCUT2D eigenvalue weighted by molar-refractivity contribution is 6.48. The lowest BCUT2D eigenvalue weighted by Crippen LogP contribution is -2.08. The summed E-state index contributed by atoms with van der Waals surface area (Å²) in [7, 11) is -0.629. The van der Waals surface area contributed by atoms with Gasteiger partial charge in [0.1, 0.15) is 6.29 Å². The van der Waals surface area contributed by atoms with Gasteiger partial charge in [0.25, 0.3) is 0 Å². The minimum atomic E-state index is -0.629. The Morgan fingerprint density at radius 1 is 1.71 bits per heavy atom. The van der Waals surface area contributed by atoms with E-state index in [1.165, 1.54) is 0 Å². The molecule has 0 fully saturated rings. The fraction of sp³-hybridized carbons (Fsp3) is 0.750. The molecule has 2 nitrogen and oxygen atoms in total. The largest absolute Gasteiger partial charge is 0.410 e. The molecule has 0 bridgehead atoms. The zero-order valence-corrected chi connectivity index (χ0v) is 5.60. The van der Waals surface area contributed by atoms with Crippen LogP contribution in [0.5, 0.6) is 0 Å². The maximum Gasteiger partial charge on any atom is 0.205 e. The second-order valence-electron chi connectivity index (χ2n) is 1.39. The van der Waals surface area contributed by atoms with E-state index in [4.69, 9.17) is 4.43 Å². The Kier molecular flexibility index (Phi) is 3.93. The van der Waals surface area contributed by atoms with E-state index in [-0.39, 0.29) is 6.61 Å². The second-order valence-corrected chi connectivity index (χ2v) is 3.49. The molecule has 0 amide bonds. The second kappa shape index (κ2) is 4.02. The van der Waals surface area contributed by atoms with E-state index in [1.807, 2.05) is 13.1 Å². The molecule has 0 saturated heterocycles. The lowest BCUT2D eigenvalue weighted by Gasteiger charge is -1.96. The molecule has 0 unspecified atom stereocenters. The Morgan fingerprint density at radius 2 is 2.29 bits per heavy atom. The molecule has 0 spiro atoms. The van der Waals surface area contributed by atoms with Crippen LogP contribution in [0.2, 0.25) is 13.1 Å². The van der Waals surface area contributed by atoms with Gasteiger partial charge in [0.05, 0.1) is 6.61 Å². The van der Waals surface area contributed by atoms with Crippen LogP contribution in [0.25, 0.3) is 0 Å². The quantitative estimate of drug-likeness (QED) is 0.396. The molecule has 0 saturated carbocycles. The van der Waals surface area contributed by atoms with Crippen LogP contribution in [0, 0.1) is 0 Å². The third-order valence-corrected chi connectivity index (χ3v) is 1.18. The monoisotopic (exact) mass is 117 g/mol. The summed E-state index contributed by atoms with van der Waals surface area (Å²) < 4.78 is 4.92. The molecule has 0 aliphatic rings. The molecule has 41 valence electrons. The summed E-state index contributed by atoms with van der Waals surface area (Å²) in [5, 5.41) is 0. The predicted molar refractivity (Wildman–Crippen MR) is 29.5 cm³/mol. The summed E-state index contributed by atoms with van der Waals surface area (Å²) in [5.74, 6) is 0. The van der Waals surface area contributed by atoms with Gasteiger partial charge in [-0.15, -0.1) is 0 Å². The third-order valence-electron chi connectivity index (χ3n) is 0.440. The number of carbonyl (C=O) groups is 1. The van der Waals surface area contributed by atoms with E-state index >= 15 is 0 Å². The van der Waals surface area contributed by atoms with Gasteiger partial charge in [-0.2, -0.15) is 0 Å². The maximum atomic E-state index is 9.60. The van der Waals surface area contributed by atoms with Crippen molar-refractivity contribution in [2.24, 2.45) is 0 Å². The zero-order chi connectivity index (χ0) is 5.70. The molecule has 0 aliphatic heterocycles. The summed E-state index contributed by atoms with van der Waals surface area (Å²) in [6.07, 6.45) is 0.775. The van der Waals surface area contributed by atoms with Crippen molar-refractivity contribution in [1.82, 2.24) is 0 Å². The number of hydrogen-bond acceptors (Lipinski definition) is 2. The van der Waals surface area contributed by atoms with Crippen LogP contribution >= 0.6 is 0 Å². The van der Waals surface area contributed by atoms with Crippen molar-refractivity contribution in [3.63, 3.8) is 0 Å². The van der Waals surface area contributed by atoms with Crippen LogP contribution in [-0.2, 0) is 9.22 Å². The van der Waals surface area contributed by atoms with E-state index in [2.05, 4.69) is 0 Å². The molecule has 0 rings (SSSR count). The normalized spacial score (nSPS) is 9.57. The first-order chi connectivity index (χ1) is 3.27. The first kappa shape index (κ1) is 6.85. The summed E-state index contributed by atoms with van der Waals surface area (Å²) in [6.45, 7) is 4.25. The summed E-state index contributed by atoms with van der Waals surface area (Å²) >= 11 is 0. The van der Waals surface area contributed by atoms with Crippen LogP contribution in [0.1, 0.15) is 0 Å². The Labute approximate surface area is 45.2 Å². The number of rotatable bonds is 3. The van der Waals surface area contributed by atoms with Crippen molar-refractivity contribution in [1.29, 1.82) is 0 Å². The topological polar surface area (TPSA) is 26.3 Å². The lowest BCUT2D eigenvalue weighted by molar-refractivity contribution is -0.109. The minimum Gasteiger partial charge on any atom is -0.410 e. The number of carbonyl (C=O) groups excluding carboxylic acids is 1. The van der Waals surface area contributed by atoms with E-state index in [9.17, 15) is 4.79 Å². The fourth-order valence-electron chi connectivity index (χ4n) is 0.201. The standard InChI is InChI=1S/C4H9O2Si/c1-7(2)6-4-3-5/h3H,4H2,1-2H3. The molecule has 0 N–H and O–H groups in total. The van der Waals surface area contributed by atoms with Crippen molar-refractivity contribution in [2.45, 2.75) is 13.1 Å². The van der Waals surface area contributed by atoms with Gasteiger partial charge < -0.3 is 9.22 Å². The van der Waals surface area contributed by atoms with Crippen molar-refractivity contribution >= 4 is 15.3 Å². The Bertz CT molecular complexity index is 53.7. The van der Waals surface area contributed by atoms with Crippen LogP contribution in [0.15, 0.2) is 0 Å². The molecule has 0 atom stereocenters. The minimum absolute atomic E-state index is 0.265. The SMILES string of the molecule is C[Si](C)OCC=O. The third kappa shape index (κ3) is 5.85. The van der Waals surface area contributed by atoms with Crippen molar-refractivity contribution < 1.29 is 9.22 Å². The number of hydrogen-bond donors (Lipinski definition) is 0. The zero-order valence-electron chi connectivity index (χ0n) is 4.60. The average Bonchev–Trinajstić information content (AvgIpc) is 1.61. The van der Waals surface area contributed by atoms with E-state index < -0.39 is 9.04 Å². The van der Waals surface area contributed by atoms with Gasteiger partial charge in [0.2, 0.25) is 9.04 Å². The smallest absolute Gasteiger partial charge is 0.205 e. The van der Waals surface area contributed by atoms with Gasteiger partial charge in [-0.1, -0.05) is 0 Å². The van der Waals surface area contributed by atoms with Gasteiger partial charge in [0.15, 0.2) is 0 Å².